The lowest BCUT2D eigenvalue weighted by molar-refractivity contribution is -0.137. The van der Waals surface area contributed by atoms with Crippen LogP contribution in [0.4, 0.5) is 18.9 Å². The number of carbonyl (C=O) groups excluding carboxylic acids is 1. The fourth-order valence-corrected chi connectivity index (χ4v) is 3.15. The van der Waals surface area contributed by atoms with E-state index in [1.807, 2.05) is 4.90 Å². The van der Waals surface area contributed by atoms with Crippen molar-refractivity contribution in [3.8, 4) is 0 Å². The van der Waals surface area contributed by atoms with Crippen molar-refractivity contribution in [1.82, 2.24) is 10.3 Å². The lowest BCUT2D eigenvalue weighted by Crippen LogP contribution is -2.44. The molecule has 1 aromatic carbocycles. The van der Waals surface area contributed by atoms with Crippen LogP contribution in [0.15, 0.2) is 47.1 Å². The van der Waals surface area contributed by atoms with Crippen LogP contribution in [0.3, 0.4) is 0 Å². The van der Waals surface area contributed by atoms with Gasteiger partial charge in [-0.15, -0.1) is 0 Å². The number of nitrogens with zero attached hydrogens (tertiary/aromatic N) is 2. The van der Waals surface area contributed by atoms with Crippen molar-refractivity contribution in [3.05, 3.63) is 58.3 Å². The molecule has 8 heteroatoms. The molecule has 2 aromatic rings. The van der Waals surface area contributed by atoms with Crippen molar-refractivity contribution in [1.29, 1.82) is 0 Å². The highest BCUT2D eigenvalue weighted by molar-refractivity contribution is 9.10. The zero-order valence-electron chi connectivity index (χ0n) is 13.8. The van der Waals surface area contributed by atoms with Crippen LogP contribution in [-0.4, -0.2) is 30.0 Å². The van der Waals surface area contributed by atoms with Gasteiger partial charge in [-0.05, 0) is 65.2 Å². The molecular weight excluding hydrogens is 411 g/mol. The summed E-state index contributed by atoms with van der Waals surface area (Å²) in [6.07, 6.45) is -1.30. The Bertz CT molecular complexity index is 755. The van der Waals surface area contributed by atoms with Crippen molar-refractivity contribution < 1.29 is 18.0 Å². The van der Waals surface area contributed by atoms with Crippen molar-refractivity contribution in [2.45, 2.75) is 25.1 Å². The number of anilines is 1. The Balaban J connectivity index is 1.54. The minimum Gasteiger partial charge on any atom is -0.371 e. The summed E-state index contributed by atoms with van der Waals surface area (Å²) in [5.74, 6) is -0.217. The van der Waals surface area contributed by atoms with Gasteiger partial charge in [0.15, 0.2) is 0 Å². The van der Waals surface area contributed by atoms with Gasteiger partial charge in [0, 0.05) is 35.5 Å². The topological polar surface area (TPSA) is 45.2 Å². The number of hydrogen-bond acceptors (Lipinski definition) is 3. The van der Waals surface area contributed by atoms with Crippen LogP contribution in [-0.2, 0) is 6.18 Å². The summed E-state index contributed by atoms with van der Waals surface area (Å²) in [5, 5.41) is 2.96. The van der Waals surface area contributed by atoms with Crippen LogP contribution in [0.1, 0.15) is 28.9 Å². The molecule has 0 saturated carbocycles. The van der Waals surface area contributed by atoms with Gasteiger partial charge in [0.25, 0.3) is 5.91 Å². The maximum Gasteiger partial charge on any atom is 0.416 e. The number of rotatable bonds is 3. The van der Waals surface area contributed by atoms with E-state index in [0.29, 0.717) is 18.8 Å². The van der Waals surface area contributed by atoms with E-state index in [1.165, 1.54) is 12.1 Å². The maximum atomic E-state index is 12.6. The Morgan fingerprint density at radius 3 is 2.31 bits per heavy atom. The first-order valence-electron chi connectivity index (χ1n) is 8.17. The van der Waals surface area contributed by atoms with Crippen molar-refractivity contribution in [3.63, 3.8) is 0 Å². The number of carbonyl (C=O) groups is 1. The predicted octanol–water partition coefficient (Wildman–Crippen LogP) is 4.26. The summed E-state index contributed by atoms with van der Waals surface area (Å²) in [5.41, 5.74) is 0.473. The fourth-order valence-electron chi connectivity index (χ4n) is 2.91. The molecule has 1 aliphatic heterocycles. The van der Waals surface area contributed by atoms with Gasteiger partial charge >= 0.3 is 6.18 Å². The molecule has 0 aliphatic carbocycles. The number of amides is 1. The first kappa shape index (κ1) is 18.7. The lowest BCUT2D eigenvalue weighted by Gasteiger charge is -2.34. The summed E-state index contributed by atoms with van der Waals surface area (Å²) < 4.78 is 38.7. The molecule has 1 aliphatic rings. The summed E-state index contributed by atoms with van der Waals surface area (Å²) in [7, 11) is 0. The summed E-state index contributed by atoms with van der Waals surface area (Å²) >= 11 is 3.27. The number of halogens is 4. The number of alkyl halides is 3. The molecule has 138 valence electrons. The highest BCUT2D eigenvalue weighted by atomic mass is 79.9. The Morgan fingerprint density at radius 2 is 1.77 bits per heavy atom. The van der Waals surface area contributed by atoms with E-state index in [4.69, 9.17) is 0 Å². The van der Waals surface area contributed by atoms with E-state index in [1.54, 1.807) is 18.3 Å². The summed E-state index contributed by atoms with van der Waals surface area (Å²) in [4.78, 5) is 18.3. The molecule has 1 aromatic heterocycles. The third-order valence-corrected chi connectivity index (χ3v) is 4.82. The second-order valence-corrected chi connectivity index (χ2v) is 7.06. The van der Waals surface area contributed by atoms with Crippen LogP contribution in [0.25, 0.3) is 0 Å². The van der Waals surface area contributed by atoms with Crippen LogP contribution >= 0.6 is 15.9 Å². The van der Waals surface area contributed by atoms with Crippen LogP contribution in [0.2, 0.25) is 0 Å². The van der Waals surface area contributed by atoms with Gasteiger partial charge in [0.05, 0.1) is 5.56 Å². The maximum absolute atomic E-state index is 12.6. The van der Waals surface area contributed by atoms with E-state index >= 15 is 0 Å². The van der Waals surface area contributed by atoms with Crippen molar-refractivity contribution in [2.24, 2.45) is 0 Å². The van der Waals surface area contributed by atoms with Gasteiger partial charge in [0.1, 0.15) is 5.69 Å². The third-order valence-electron chi connectivity index (χ3n) is 4.35. The standard InChI is InChI=1S/C18H17BrF3N3O/c19-13-3-6-16(23-11-13)17(26)24-14-7-9-25(10-8-14)15-4-1-12(2-5-15)18(20,21)22/h1-6,11,14H,7-10H2,(H,24,26). The first-order chi connectivity index (χ1) is 12.3. The Labute approximate surface area is 157 Å². The van der Waals surface area contributed by atoms with Gasteiger partial charge in [-0.1, -0.05) is 0 Å². The predicted molar refractivity (Wildman–Crippen MR) is 96.1 cm³/mol. The molecule has 1 fully saturated rings. The van der Waals surface area contributed by atoms with Gasteiger partial charge < -0.3 is 10.2 Å². The van der Waals surface area contributed by atoms with E-state index in [-0.39, 0.29) is 11.9 Å². The van der Waals surface area contributed by atoms with Crippen LogP contribution in [0.5, 0.6) is 0 Å². The molecule has 2 heterocycles. The Morgan fingerprint density at radius 1 is 1.12 bits per heavy atom. The third kappa shape index (κ3) is 4.55. The molecule has 1 saturated heterocycles. The SMILES string of the molecule is O=C(NC1CCN(c2ccc(C(F)(F)F)cc2)CC1)c1ccc(Br)cn1. The molecule has 0 bridgehead atoms. The van der Waals surface area contributed by atoms with Gasteiger partial charge in [-0.3, -0.25) is 4.79 Å². The second-order valence-electron chi connectivity index (χ2n) is 6.14. The van der Waals surface area contributed by atoms with Gasteiger partial charge in [0.2, 0.25) is 0 Å². The van der Waals surface area contributed by atoms with E-state index in [2.05, 4.69) is 26.2 Å². The fraction of sp³-hybridized carbons (Fsp3) is 0.333. The number of pyridine rings is 1. The minimum absolute atomic E-state index is 0.0265. The number of nitrogens with one attached hydrogen (secondary N) is 1. The average Bonchev–Trinajstić information content (AvgIpc) is 2.62. The summed E-state index contributed by atoms with van der Waals surface area (Å²) in [6, 6.07) is 8.62. The number of aromatic nitrogens is 1. The normalized spacial score (nSPS) is 15.8. The summed E-state index contributed by atoms with van der Waals surface area (Å²) in [6.45, 7) is 1.34. The van der Waals surface area contributed by atoms with Crippen molar-refractivity contribution >= 4 is 27.5 Å². The zero-order valence-corrected chi connectivity index (χ0v) is 15.3. The Hall–Kier alpha value is -2.09. The molecule has 0 radical (unpaired) electrons. The highest BCUT2D eigenvalue weighted by Gasteiger charge is 2.30. The molecule has 3 rings (SSSR count). The van der Waals surface area contributed by atoms with E-state index in [0.717, 1.165) is 35.1 Å². The monoisotopic (exact) mass is 427 g/mol. The highest BCUT2D eigenvalue weighted by Crippen LogP contribution is 2.31. The molecule has 1 N–H and O–H groups in total. The van der Waals surface area contributed by atoms with Crippen LogP contribution < -0.4 is 10.2 Å². The molecule has 0 atom stereocenters. The first-order valence-corrected chi connectivity index (χ1v) is 8.97. The molecule has 4 nitrogen and oxygen atoms in total. The average molecular weight is 428 g/mol. The molecular formula is C18H17BrF3N3O. The number of benzene rings is 1. The largest absolute Gasteiger partial charge is 0.416 e. The smallest absolute Gasteiger partial charge is 0.371 e. The lowest BCUT2D eigenvalue weighted by atomic mass is 10.0. The second kappa shape index (κ2) is 7.65. The number of piperidine rings is 1. The van der Waals surface area contributed by atoms with Gasteiger partial charge in [-0.2, -0.15) is 13.2 Å². The van der Waals surface area contributed by atoms with Crippen molar-refractivity contribution in [2.75, 3.05) is 18.0 Å². The number of hydrogen-bond donors (Lipinski definition) is 1. The minimum atomic E-state index is -4.32. The Kier molecular flexibility index (Phi) is 5.50. The molecule has 0 unspecified atom stereocenters. The molecule has 1 amide bonds. The van der Waals surface area contributed by atoms with E-state index in [9.17, 15) is 18.0 Å². The zero-order chi connectivity index (χ0) is 18.7. The van der Waals surface area contributed by atoms with Crippen LogP contribution in [0, 0.1) is 0 Å². The molecule has 26 heavy (non-hydrogen) atoms. The molecule has 0 spiro atoms. The van der Waals surface area contributed by atoms with E-state index < -0.39 is 11.7 Å². The quantitative estimate of drug-likeness (QED) is 0.795. The van der Waals surface area contributed by atoms with Gasteiger partial charge in [-0.25, -0.2) is 4.98 Å².